The van der Waals surface area contributed by atoms with Crippen LogP contribution in [0.3, 0.4) is 0 Å². The first-order chi connectivity index (χ1) is 8.99. The summed E-state index contributed by atoms with van der Waals surface area (Å²) >= 11 is 0. The fourth-order valence-electron chi connectivity index (χ4n) is 1.57. The van der Waals surface area contributed by atoms with Crippen LogP contribution in [0.1, 0.15) is 32.4 Å². The quantitative estimate of drug-likeness (QED) is 0.755. The van der Waals surface area contributed by atoms with Crippen molar-refractivity contribution in [2.75, 3.05) is 6.54 Å². The van der Waals surface area contributed by atoms with E-state index in [1.54, 1.807) is 0 Å². The number of carbonyl (C=O) groups excluding carboxylic acids is 2. The molecule has 19 heavy (non-hydrogen) atoms. The molecule has 0 saturated carbocycles. The van der Waals surface area contributed by atoms with Crippen molar-refractivity contribution in [1.82, 2.24) is 16.0 Å². The van der Waals surface area contributed by atoms with Crippen molar-refractivity contribution in [2.24, 2.45) is 0 Å². The van der Waals surface area contributed by atoms with Gasteiger partial charge in [-0.25, -0.2) is 4.79 Å². The number of hydrogen-bond donors (Lipinski definition) is 3. The van der Waals surface area contributed by atoms with Gasteiger partial charge in [0.05, 0.1) is 6.54 Å². The molecule has 1 rings (SSSR count). The number of carbonyl (C=O) groups is 2. The SMILES string of the molecule is CC(C)NC(=O)NC(=O)CN[C@H](C)c1ccccc1. The summed E-state index contributed by atoms with van der Waals surface area (Å²) in [5.41, 5.74) is 1.10. The highest BCUT2D eigenvalue weighted by Crippen LogP contribution is 2.10. The molecule has 104 valence electrons. The average molecular weight is 263 g/mol. The summed E-state index contributed by atoms with van der Waals surface area (Å²) in [5, 5.41) is 7.93. The number of urea groups is 1. The van der Waals surface area contributed by atoms with Crippen LogP contribution < -0.4 is 16.0 Å². The van der Waals surface area contributed by atoms with Crippen molar-refractivity contribution in [3.8, 4) is 0 Å². The van der Waals surface area contributed by atoms with Crippen molar-refractivity contribution >= 4 is 11.9 Å². The van der Waals surface area contributed by atoms with E-state index in [4.69, 9.17) is 0 Å². The number of amides is 3. The van der Waals surface area contributed by atoms with Gasteiger partial charge in [0.2, 0.25) is 5.91 Å². The van der Waals surface area contributed by atoms with Crippen molar-refractivity contribution in [3.63, 3.8) is 0 Å². The molecular formula is C14H21N3O2. The molecule has 0 aromatic heterocycles. The number of hydrogen-bond acceptors (Lipinski definition) is 3. The van der Waals surface area contributed by atoms with E-state index in [9.17, 15) is 9.59 Å². The maximum atomic E-state index is 11.5. The second-order valence-electron chi connectivity index (χ2n) is 4.69. The third-order valence-corrected chi connectivity index (χ3v) is 2.54. The first kappa shape index (κ1) is 15.2. The Balaban J connectivity index is 2.32. The molecule has 0 radical (unpaired) electrons. The molecule has 0 aliphatic heterocycles. The van der Waals surface area contributed by atoms with E-state index in [-0.39, 0.29) is 24.5 Å². The molecule has 0 unspecified atom stereocenters. The molecule has 0 spiro atoms. The zero-order valence-corrected chi connectivity index (χ0v) is 11.6. The van der Waals surface area contributed by atoms with Gasteiger partial charge in [-0.3, -0.25) is 10.1 Å². The van der Waals surface area contributed by atoms with Crippen molar-refractivity contribution in [2.45, 2.75) is 32.9 Å². The Kier molecular flexibility index (Phi) is 6.02. The maximum Gasteiger partial charge on any atom is 0.321 e. The molecule has 0 aliphatic carbocycles. The van der Waals surface area contributed by atoms with Crippen LogP contribution in [0.5, 0.6) is 0 Å². The molecule has 0 aliphatic rings. The van der Waals surface area contributed by atoms with Crippen LogP contribution in [-0.2, 0) is 4.79 Å². The minimum Gasteiger partial charge on any atom is -0.336 e. The van der Waals surface area contributed by atoms with Gasteiger partial charge in [0.15, 0.2) is 0 Å². The summed E-state index contributed by atoms with van der Waals surface area (Å²) < 4.78 is 0. The normalized spacial score (nSPS) is 12.0. The minimum absolute atomic E-state index is 0.00371. The van der Waals surface area contributed by atoms with Gasteiger partial charge in [-0.15, -0.1) is 0 Å². The Morgan fingerprint density at radius 2 is 1.74 bits per heavy atom. The second-order valence-corrected chi connectivity index (χ2v) is 4.69. The summed E-state index contributed by atoms with van der Waals surface area (Å²) in [6, 6.07) is 9.41. The van der Waals surface area contributed by atoms with Gasteiger partial charge in [0.25, 0.3) is 0 Å². The number of benzene rings is 1. The Hall–Kier alpha value is -1.88. The molecule has 5 nitrogen and oxygen atoms in total. The van der Waals surface area contributed by atoms with Gasteiger partial charge >= 0.3 is 6.03 Å². The predicted molar refractivity (Wildman–Crippen MR) is 74.7 cm³/mol. The van der Waals surface area contributed by atoms with E-state index >= 15 is 0 Å². The van der Waals surface area contributed by atoms with Crippen LogP contribution in [0.4, 0.5) is 4.79 Å². The van der Waals surface area contributed by atoms with E-state index in [1.807, 2.05) is 51.1 Å². The first-order valence-corrected chi connectivity index (χ1v) is 6.37. The molecular weight excluding hydrogens is 242 g/mol. The largest absolute Gasteiger partial charge is 0.336 e. The monoisotopic (exact) mass is 263 g/mol. The lowest BCUT2D eigenvalue weighted by molar-refractivity contribution is -0.119. The highest BCUT2D eigenvalue weighted by Gasteiger charge is 2.10. The molecule has 5 heteroatoms. The first-order valence-electron chi connectivity index (χ1n) is 6.37. The van der Waals surface area contributed by atoms with Crippen molar-refractivity contribution < 1.29 is 9.59 Å². The molecule has 3 amide bonds. The van der Waals surface area contributed by atoms with Crippen LogP contribution in [0.25, 0.3) is 0 Å². The van der Waals surface area contributed by atoms with Crippen LogP contribution in [-0.4, -0.2) is 24.5 Å². The van der Waals surface area contributed by atoms with Crippen LogP contribution >= 0.6 is 0 Å². The summed E-state index contributed by atoms with van der Waals surface area (Å²) in [7, 11) is 0. The molecule has 1 aromatic carbocycles. The lowest BCUT2D eigenvalue weighted by Crippen LogP contribution is -2.45. The van der Waals surface area contributed by atoms with Gasteiger partial charge < -0.3 is 10.6 Å². The van der Waals surface area contributed by atoms with Gasteiger partial charge in [-0.1, -0.05) is 30.3 Å². The molecule has 1 atom stereocenters. The van der Waals surface area contributed by atoms with Gasteiger partial charge in [0.1, 0.15) is 0 Å². The summed E-state index contributed by atoms with van der Waals surface area (Å²) in [6.07, 6.45) is 0. The standard InChI is InChI=1S/C14H21N3O2/c1-10(2)16-14(19)17-13(18)9-15-11(3)12-7-5-4-6-8-12/h4-8,10-11,15H,9H2,1-3H3,(H2,16,17,18,19)/t11-/m1/s1. The van der Waals surface area contributed by atoms with E-state index in [1.165, 1.54) is 0 Å². The predicted octanol–water partition coefficient (Wildman–Crippen LogP) is 1.57. The zero-order valence-electron chi connectivity index (χ0n) is 11.6. The number of rotatable bonds is 5. The van der Waals surface area contributed by atoms with Crippen molar-refractivity contribution in [1.29, 1.82) is 0 Å². The Bertz CT molecular complexity index is 418. The molecule has 3 N–H and O–H groups in total. The Labute approximate surface area is 113 Å². The van der Waals surface area contributed by atoms with Gasteiger partial charge in [0, 0.05) is 12.1 Å². The highest BCUT2D eigenvalue weighted by molar-refractivity contribution is 5.95. The Morgan fingerprint density at radius 1 is 1.11 bits per heavy atom. The average Bonchev–Trinajstić information content (AvgIpc) is 2.36. The van der Waals surface area contributed by atoms with Gasteiger partial charge in [-0.05, 0) is 26.3 Å². The van der Waals surface area contributed by atoms with Crippen LogP contribution in [0.15, 0.2) is 30.3 Å². The van der Waals surface area contributed by atoms with Crippen molar-refractivity contribution in [3.05, 3.63) is 35.9 Å². The molecule has 1 aromatic rings. The molecule has 0 bridgehead atoms. The fraction of sp³-hybridized carbons (Fsp3) is 0.429. The zero-order chi connectivity index (χ0) is 14.3. The van der Waals surface area contributed by atoms with E-state index in [2.05, 4.69) is 16.0 Å². The summed E-state index contributed by atoms with van der Waals surface area (Å²) in [6.45, 7) is 5.73. The maximum absolute atomic E-state index is 11.5. The van der Waals surface area contributed by atoms with Crippen LogP contribution in [0.2, 0.25) is 0 Å². The Morgan fingerprint density at radius 3 is 2.32 bits per heavy atom. The third kappa shape index (κ3) is 6.01. The van der Waals surface area contributed by atoms with E-state index < -0.39 is 6.03 Å². The van der Waals surface area contributed by atoms with Gasteiger partial charge in [-0.2, -0.15) is 0 Å². The van der Waals surface area contributed by atoms with Crippen LogP contribution in [0, 0.1) is 0 Å². The third-order valence-electron chi connectivity index (χ3n) is 2.54. The summed E-state index contributed by atoms with van der Waals surface area (Å²) in [4.78, 5) is 22.8. The minimum atomic E-state index is -0.464. The fourth-order valence-corrected chi connectivity index (χ4v) is 1.57. The van der Waals surface area contributed by atoms with E-state index in [0.29, 0.717) is 0 Å². The second kappa shape index (κ2) is 7.53. The lowest BCUT2D eigenvalue weighted by atomic mass is 10.1. The van der Waals surface area contributed by atoms with E-state index in [0.717, 1.165) is 5.56 Å². The number of imide groups is 1. The molecule has 0 heterocycles. The lowest BCUT2D eigenvalue weighted by Gasteiger charge is -2.14. The molecule has 0 saturated heterocycles. The molecule has 0 fully saturated rings. The topological polar surface area (TPSA) is 70.2 Å². The number of nitrogens with one attached hydrogen (secondary N) is 3. The highest BCUT2D eigenvalue weighted by atomic mass is 16.2. The smallest absolute Gasteiger partial charge is 0.321 e. The summed E-state index contributed by atoms with van der Waals surface area (Å²) in [5.74, 6) is -0.346.